The van der Waals surface area contributed by atoms with Crippen LogP contribution in [0.4, 0.5) is 5.82 Å². The summed E-state index contributed by atoms with van der Waals surface area (Å²) >= 11 is 0. The molecule has 0 atom stereocenters. The van der Waals surface area contributed by atoms with E-state index in [1.54, 1.807) is 31.2 Å². The van der Waals surface area contributed by atoms with Crippen molar-refractivity contribution in [2.45, 2.75) is 13.0 Å². The molecule has 0 radical (unpaired) electrons. The Balaban J connectivity index is 1.89. The predicted molar refractivity (Wildman–Crippen MR) is 89.3 cm³/mol. The lowest BCUT2D eigenvalue weighted by atomic mass is 10.2. The molecule has 6 nitrogen and oxygen atoms in total. The Labute approximate surface area is 136 Å². The van der Waals surface area contributed by atoms with Gasteiger partial charge in [0.05, 0.1) is 0 Å². The van der Waals surface area contributed by atoms with Gasteiger partial charge in [-0.1, -0.05) is 30.3 Å². The lowest BCUT2D eigenvalue weighted by molar-refractivity contribution is 0.0778. The van der Waals surface area contributed by atoms with Gasteiger partial charge in [-0.15, -0.1) is 10.2 Å². The molecule has 0 spiro atoms. The van der Waals surface area contributed by atoms with Gasteiger partial charge in [0.1, 0.15) is 5.82 Å². The van der Waals surface area contributed by atoms with Crippen molar-refractivity contribution in [2.75, 3.05) is 32.6 Å². The summed E-state index contributed by atoms with van der Waals surface area (Å²) in [5.41, 5.74) is 1.42. The zero-order chi connectivity index (χ0) is 16.5. The van der Waals surface area contributed by atoms with Crippen LogP contribution in [0.2, 0.25) is 0 Å². The van der Waals surface area contributed by atoms with Crippen LogP contribution in [-0.2, 0) is 11.3 Å². The van der Waals surface area contributed by atoms with Gasteiger partial charge in [-0.25, -0.2) is 0 Å². The second-order valence-electron chi connectivity index (χ2n) is 5.22. The minimum Gasteiger partial charge on any atom is -0.385 e. The Kier molecular flexibility index (Phi) is 6.50. The summed E-state index contributed by atoms with van der Waals surface area (Å²) in [4.78, 5) is 14.0. The number of benzene rings is 1. The maximum Gasteiger partial charge on any atom is 0.274 e. The summed E-state index contributed by atoms with van der Waals surface area (Å²) in [5.74, 6) is 0.510. The van der Waals surface area contributed by atoms with Crippen LogP contribution in [0.3, 0.4) is 0 Å². The fraction of sp³-hybridized carbons (Fsp3) is 0.353. The average Bonchev–Trinajstić information content (AvgIpc) is 2.59. The summed E-state index contributed by atoms with van der Waals surface area (Å²) < 4.78 is 4.98. The number of anilines is 1. The van der Waals surface area contributed by atoms with E-state index < -0.39 is 0 Å². The fourth-order valence-electron chi connectivity index (χ4n) is 2.10. The number of amides is 1. The first-order chi connectivity index (χ1) is 11.2. The van der Waals surface area contributed by atoms with E-state index >= 15 is 0 Å². The number of hydrogen-bond acceptors (Lipinski definition) is 5. The first kappa shape index (κ1) is 16.9. The molecule has 0 bridgehead atoms. The molecule has 0 saturated carbocycles. The third-order valence-electron chi connectivity index (χ3n) is 3.32. The number of carbonyl (C=O) groups excluding carboxylic acids is 1. The van der Waals surface area contributed by atoms with Crippen molar-refractivity contribution < 1.29 is 9.53 Å². The molecule has 0 aliphatic heterocycles. The molecule has 1 heterocycles. The highest BCUT2D eigenvalue weighted by atomic mass is 16.5. The van der Waals surface area contributed by atoms with Crippen molar-refractivity contribution in [2.24, 2.45) is 0 Å². The molecule has 0 unspecified atom stereocenters. The molecule has 1 aromatic heterocycles. The van der Waals surface area contributed by atoms with Crippen molar-refractivity contribution in [1.29, 1.82) is 0 Å². The zero-order valence-corrected chi connectivity index (χ0v) is 13.5. The van der Waals surface area contributed by atoms with Gasteiger partial charge in [-0.2, -0.15) is 0 Å². The monoisotopic (exact) mass is 314 g/mol. The molecule has 1 amide bonds. The number of nitrogens with zero attached hydrogens (tertiary/aromatic N) is 3. The number of hydrogen-bond donors (Lipinski definition) is 1. The van der Waals surface area contributed by atoms with E-state index in [0.717, 1.165) is 18.5 Å². The average molecular weight is 314 g/mol. The number of ether oxygens (including phenoxy) is 1. The zero-order valence-electron chi connectivity index (χ0n) is 13.5. The highest BCUT2D eigenvalue weighted by molar-refractivity contribution is 5.92. The Morgan fingerprint density at radius 1 is 1.17 bits per heavy atom. The third kappa shape index (κ3) is 5.34. The lowest BCUT2D eigenvalue weighted by Gasteiger charge is -2.16. The standard InChI is InChI=1S/C17H22N4O2/c1-21(13-14-7-4-3-5-8-14)17(22)15-9-10-16(20-19-15)18-11-6-12-23-2/h3-5,7-10H,6,11-13H2,1-2H3,(H,18,20). The normalized spacial score (nSPS) is 10.3. The number of rotatable bonds is 8. The molecule has 2 aromatic rings. The quantitative estimate of drug-likeness (QED) is 0.757. The van der Waals surface area contributed by atoms with E-state index in [-0.39, 0.29) is 5.91 Å². The van der Waals surface area contributed by atoms with Crippen LogP contribution in [-0.4, -0.2) is 48.3 Å². The Hall–Kier alpha value is -2.47. The Morgan fingerprint density at radius 3 is 2.61 bits per heavy atom. The van der Waals surface area contributed by atoms with Crippen molar-refractivity contribution in [3.63, 3.8) is 0 Å². The molecule has 0 fully saturated rings. The molecule has 0 saturated heterocycles. The highest BCUT2D eigenvalue weighted by Crippen LogP contribution is 2.08. The van der Waals surface area contributed by atoms with E-state index in [1.165, 1.54) is 0 Å². The Morgan fingerprint density at radius 2 is 1.96 bits per heavy atom. The third-order valence-corrected chi connectivity index (χ3v) is 3.32. The van der Waals surface area contributed by atoms with Gasteiger partial charge in [0, 0.05) is 33.9 Å². The van der Waals surface area contributed by atoms with Crippen LogP contribution in [0, 0.1) is 0 Å². The molecular formula is C17H22N4O2. The Bertz CT molecular complexity index is 602. The van der Waals surface area contributed by atoms with E-state index in [0.29, 0.717) is 24.7 Å². The number of nitrogens with one attached hydrogen (secondary N) is 1. The molecule has 23 heavy (non-hydrogen) atoms. The van der Waals surface area contributed by atoms with Crippen molar-refractivity contribution in [1.82, 2.24) is 15.1 Å². The largest absolute Gasteiger partial charge is 0.385 e. The van der Waals surface area contributed by atoms with Gasteiger partial charge in [0.25, 0.3) is 5.91 Å². The van der Waals surface area contributed by atoms with Gasteiger partial charge in [0.15, 0.2) is 5.69 Å². The topological polar surface area (TPSA) is 67.3 Å². The number of methoxy groups -OCH3 is 1. The summed E-state index contributed by atoms with van der Waals surface area (Å²) in [6.07, 6.45) is 0.888. The molecular weight excluding hydrogens is 292 g/mol. The maximum atomic E-state index is 12.3. The summed E-state index contributed by atoms with van der Waals surface area (Å²) in [7, 11) is 3.43. The molecule has 0 aliphatic rings. The van der Waals surface area contributed by atoms with Crippen molar-refractivity contribution in [3.05, 3.63) is 53.7 Å². The second kappa shape index (κ2) is 8.85. The predicted octanol–water partition coefficient (Wildman–Crippen LogP) is 2.20. The van der Waals surface area contributed by atoms with Gasteiger partial charge in [-0.05, 0) is 24.1 Å². The summed E-state index contributed by atoms with van der Waals surface area (Å²) in [5, 5.41) is 11.2. The van der Waals surface area contributed by atoms with Crippen molar-refractivity contribution in [3.8, 4) is 0 Å². The SMILES string of the molecule is COCCCNc1ccc(C(=O)N(C)Cc2ccccc2)nn1. The molecule has 1 aromatic carbocycles. The van der Waals surface area contributed by atoms with Crippen LogP contribution in [0.15, 0.2) is 42.5 Å². The van der Waals surface area contributed by atoms with E-state index in [2.05, 4.69) is 15.5 Å². The molecule has 1 N–H and O–H groups in total. The fourth-order valence-corrected chi connectivity index (χ4v) is 2.10. The second-order valence-corrected chi connectivity index (χ2v) is 5.22. The minimum absolute atomic E-state index is 0.146. The van der Waals surface area contributed by atoms with E-state index in [1.807, 2.05) is 30.3 Å². The minimum atomic E-state index is -0.146. The summed E-state index contributed by atoms with van der Waals surface area (Å²) in [6.45, 7) is 1.99. The lowest BCUT2D eigenvalue weighted by Crippen LogP contribution is -2.27. The number of aromatic nitrogens is 2. The van der Waals surface area contributed by atoms with Gasteiger partial charge in [0.2, 0.25) is 0 Å². The van der Waals surface area contributed by atoms with Crippen LogP contribution in [0.1, 0.15) is 22.5 Å². The molecule has 0 aliphatic carbocycles. The first-order valence-electron chi connectivity index (χ1n) is 7.56. The summed E-state index contributed by atoms with van der Waals surface area (Å²) in [6, 6.07) is 13.3. The van der Waals surface area contributed by atoms with Gasteiger partial charge < -0.3 is 15.0 Å². The highest BCUT2D eigenvalue weighted by Gasteiger charge is 2.14. The van der Waals surface area contributed by atoms with E-state index in [9.17, 15) is 4.79 Å². The van der Waals surface area contributed by atoms with Crippen LogP contribution in [0.5, 0.6) is 0 Å². The van der Waals surface area contributed by atoms with Crippen LogP contribution in [0.25, 0.3) is 0 Å². The molecule has 122 valence electrons. The first-order valence-corrected chi connectivity index (χ1v) is 7.56. The van der Waals surface area contributed by atoms with E-state index in [4.69, 9.17) is 4.74 Å². The maximum absolute atomic E-state index is 12.3. The smallest absolute Gasteiger partial charge is 0.274 e. The van der Waals surface area contributed by atoms with Crippen LogP contribution < -0.4 is 5.32 Å². The molecule has 2 rings (SSSR count). The van der Waals surface area contributed by atoms with Gasteiger partial charge in [-0.3, -0.25) is 4.79 Å². The van der Waals surface area contributed by atoms with Crippen LogP contribution >= 0.6 is 0 Å². The number of carbonyl (C=O) groups is 1. The van der Waals surface area contributed by atoms with Crippen molar-refractivity contribution >= 4 is 11.7 Å². The van der Waals surface area contributed by atoms with Gasteiger partial charge >= 0.3 is 0 Å². The molecule has 6 heteroatoms.